The number of carbonyl (C=O) groups is 3. The highest BCUT2D eigenvalue weighted by molar-refractivity contribution is 9.10. The fraction of sp³-hybridized carbons (Fsp3) is 0.167. The van der Waals surface area contributed by atoms with Crippen molar-refractivity contribution in [3.05, 3.63) is 58.6 Å². The first kappa shape index (κ1) is 17.7. The van der Waals surface area contributed by atoms with Gasteiger partial charge in [0.1, 0.15) is 0 Å². The summed E-state index contributed by atoms with van der Waals surface area (Å²) in [4.78, 5) is 37.0. The van der Waals surface area contributed by atoms with Crippen LogP contribution in [-0.4, -0.2) is 29.5 Å². The largest absolute Gasteiger partial charge is 0.457 e. The second-order valence-corrected chi connectivity index (χ2v) is 7.55. The van der Waals surface area contributed by atoms with Crippen LogP contribution < -0.4 is 5.32 Å². The molecule has 0 aromatic heterocycles. The van der Waals surface area contributed by atoms with E-state index in [1.165, 1.54) is 11.8 Å². The lowest BCUT2D eigenvalue weighted by Crippen LogP contribution is -2.31. The van der Waals surface area contributed by atoms with Crippen molar-refractivity contribution in [2.45, 2.75) is 16.6 Å². The topological polar surface area (TPSA) is 72.5 Å². The molecule has 2 aromatic rings. The third-order valence-corrected chi connectivity index (χ3v) is 5.39. The molecule has 0 aliphatic carbocycles. The number of benzene rings is 2. The molecule has 3 rings (SSSR count). The zero-order valence-corrected chi connectivity index (χ0v) is 15.4. The number of esters is 1. The van der Waals surface area contributed by atoms with Gasteiger partial charge in [0.15, 0.2) is 12.4 Å². The summed E-state index contributed by atoms with van der Waals surface area (Å²) in [5, 5.41) is 2.21. The van der Waals surface area contributed by atoms with Gasteiger partial charge in [-0.2, -0.15) is 0 Å². The first-order valence-corrected chi connectivity index (χ1v) is 9.21. The average molecular weight is 420 g/mol. The van der Waals surface area contributed by atoms with E-state index in [9.17, 15) is 14.4 Å². The SMILES string of the molecule is O=C(C[C@H]1Sc2ccccc2NC1=O)OCC(=O)c1ccc(Br)cc1. The molecule has 0 saturated carbocycles. The predicted molar refractivity (Wildman–Crippen MR) is 98.8 cm³/mol. The van der Waals surface area contributed by atoms with E-state index in [2.05, 4.69) is 21.2 Å². The lowest BCUT2D eigenvalue weighted by Gasteiger charge is -2.23. The van der Waals surface area contributed by atoms with Gasteiger partial charge in [0.2, 0.25) is 5.91 Å². The van der Waals surface area contributed by atoms with E-state index >= 15 is 0 Å². The Kier molecular flexibility index (Phi) is 5.55. The molecule has 1 aliphatic heterocycles. The average Bonchev–Trinajstić information content (AvgIpc) is 2.61. The number of carbonyl (C=O) groups excluding carboxylic acids is 3. The lowest BCUT2D eigenvalue weighted by atomic mass is 10.1. The molecule has 0 spiro atoms. The predicted octanol–water partition coefficient (Wildman–Crippen LogP) is 3.68. The third kappa shape index (κ3) is 4.49. The van der Waals surface area contributed by atoms with Crippen LogP contribution >= 0.6 is 27.7 Å². The first-order chi connectivity index (χ1) is 12.0. The minimum absolute atomic E-state index is 0.0849. The molecule has 25 heavy (non-hydrogen) atoms. The Morgan fingerprint density at radius 2 is 1.84 bits per heavy atom. The van der Waals surface area contributed by atoms with Crippen molar-refractivity contribution in [3.63, 3.8) is 0 Å². The first-order valence-electron chi connectivity index (χ1n) is 7.54. The number of ether oxygens (including phenoxy) is 1. The van der Waals surface area contributed by atoms with Crippen molar-refractivity contribution in [2.24, 2.45) is 0 Å². The van der Waals surface area contributed by atoms with Crippen molar-refractivity contribution >= 4 is 51.0 Å². The van der Waals surface area contributed by atoms with Crippen LogP contribution in [0, 0.1) is 0 Å². The van der Waals surface area contributed by atoms with Gasteiger partial charge >= 0.3 is 5.97 Å². The lowest BCUT2D eigenvalue weighted by molar-refractivity contribution is -0.143. The Labute approximate surface area is 157 Å². The molecular weight excluding hydrogens is 406 g/mol. The molecule has 128 valence electrons. The van der Waals surface area contributed by atoms with Crippen molar-refractivity contribution in [1.29, 1.82) is 0 Å². The van der Waals surface area contributed by atoms with Gasteiger partial charge in [0.05, 0.1) is 17.4 Å². The number of ketones is 1. The van der Waals surface area contributed by atoms with E-state index in [1.807, 2.05) is 24.3 Å². The van der Waals surface area contributed by atoms with E-state index in [0.29, 0.717) is 5.56 Å². The third-order valence-electron chi connectivity index (χ3n) is 3.59. The normalized spacial score (nSPS) is 15.9. The van der Waals surface area contributed by atoms with E-state index < -0.39 is 11.2 Å². The highest BCUT2D eigenvalue weighted by Gasteiger charge is 2.29. The summed E-state index contributed by atoms with van der Waals surface area (Å²) in [5.41, 5.74) is 1.21. The molecular formula is C18H14BrNO4S. The molecule has 1 amide bonds. The monoisotopic (exact) mass is 419 g/mol. The summed E-state index contributed by atoms with van der Waals surface area (Å²) >= 11 is 4.62. The van der Waals surface area contributed by atoms with Crippen molar-refractivity contribution < 1.29 is 19.1 Å². The maximum absolute atomic E-state index is 12.1. The van der Waals surface area contributed by atoms with Crippen LogP contribution in [0.25, 0.3) is 0 Å². The van der Waals surface area contributed by atoms with Gasteiger partial charge in [0, 0.05) is 14.9 Å². The van der Waals surface area contributed by atoms with E-state index in [1.54, 1.807) is 24.3 Å². The second-order valence-electron chi connectivity index (χ2n) is 5.39. The second kappa shape index (κ2) is 7.84. The molecule has 7 heteroatoms. The Morgan fingerprint density at radius 3 is 2.60 bits per heavy atom. The van der Waals surface area contributed by atoms with Crippen molar-refractivity contribution in [2.75, 3.05) is 11.9 Å². The number of rotatable bonds is 5. The molecule has 1 N–H and O–H groups in total. The molecule has 0 bridgehead atoms. The minimum atomic E-state index is -0.572. The number of fused-ring (bicyclic) bond motifs is 1. The molecule has 1 heterocycles. The smallest absolute Gasteiger partial charge is 0.307 e. The maximum atomic E-state index is 12.1. The van der Waals surface area contributed by atoms with Gasteiger partial charge in [0.25, 0.3) is 0 Å². The van der Waals surface area contributed by atoms with Crippen LogP contribution in [0.4, 0.5) is 5.69 Å². The fourth-order valence-electron chi connectivity index (χ4n) is 2.30. The van der Waals surface area contributed by atoms with Crippen LogP contribution in [0.2, 0.25) is 0 Å². The zero-order valence-electron chi connectivity index (χ0n) is 13.0. The Balaban J connectivity index is 1.53. The number of nitrogens with one attached hydrogen (secondary N) is 1. The van der Waals surface area contributed by atoms with Crippen molar-refractivity contribution in [3.8, 4) is 0 Å². The highest BCUT2D eigenvalue weighted by Crippen LogP contribution is 2.36. The molecule has 0 unspecified atom stereocenters. The van der Waals surface area contributed by atoms with Crippen LogP contribution in [0.15, 0.2) is 57.9 Å². The van der Waals surface area contributed by atoms with E-state index in [0.717, 1.165) is 15.1 Å². The number of para-hydroxylation sites is 1. The number of amides is 1. The summed E-state index contributed by atoms with van der Waals surface area (Å²) in [6.45, 7) is -0.337. The van der Waals surface area contributed by atoms with Gasteiger partial charge in [-0.25, -0.2) is 0 Å². The number of hydrogen-bond acceptors (Lipinski definition) is 5. The van der Waals surface area contributed by atoms with Crippen LogP contribution in [0.1, 0.15) is 16.8 Å². The molecule has 1 aliphatic rings. The van der Waals surface area contributed by atoms with Crippen molar-refractivity contribution in [1.82, 2.24) is 0 Å². The summed E-state index contributed by atoms with van der Waals surface area (Å²) in [6, 6.07) is 14.2. The number of hydrogen-bond donors (Lipinski definition) is 1. The molecule has 0 saturated heterocycles. The standard InChI is InChI=1S/C18H14BrNO4S/c19-12-7-5-11(6-8-12)14(21)10-24-17(22)9-16-18(23)20-13-3-1-2-4-15(13)25-16/h1-8,16H,9-10H2,(H,20,23)/t16-/m1/s1. The molecule has 2 aromatic carbocycles. The molecule has 5 nitrogen and oxygen atoms in total. The molecule has 1 atom stereocenters. The Bertz CT molecular complexity index is 822. The molecule has 0 fully saturated rings. The van der Waals surface area contributed by atoms with Crippen LogP contribution in [-0.2, 0) is 14.3 Å². The highest BCUT2D eigenvalue weighted by atomic mass is 79.9. The van der Waals surface area contributed by atoms with Gasteiger partial charge < -0.3 is 10.1 Å². The zero-order chi connectivity index (χ0) is 17.8. The van der Waals surface area contributed by atoms with Gasteiger partial charge in [-0.05, 0) is 24.3 Å². The summed E-state index contributed by atoms with van der Waals surface area (Å²) in [5.74, 6) is -1.09. The quantitative estimate of drug-likeness (QED) is 0.590. The van der Waals surface area contributed by atoms with Gasteiger partial charge in [-0.1, -0.05) is 40.2 Å². The summed E-state index contributed by atoms with van der Waals surface area (Å²) in [7, 11) is 0. The number of Topliss-reactive ketones (excluding diaryl/α,β-unsaturated/α-hetero) is 1. The van der Waals surface area contributed by atoms with E-state index in [4.69, 9.17) is 4.74 Å². The number of anilines is 1. The number of halogens is 1. The Hall–Kier alpha value is -2.12. The summed E-state index contributed by atoms with van der Waals surface area (Å²) < 4.78 is 5.90. The van der Waals surface area contributed by atoms with E-state index in [-0.39, 0.29) is 24.7 Å². The summed E-state index contributed by atoms with van der Waals surface area (Å²) in [6.07, 6.45) is -0.0849. The minimum Gasteiger partial charge on any atom is -0.457 e. The van der Waals surface area contributed by atoms with Gasteiger partial charge in [-0.15, -0.1) is 11.8 Å². The van der Waals surface area contributed by atoms with Gasteiger partial charge in [-0.3, -0.25) is 14.4 Å². The maximum Gasteiger partial charge on any atom is 0.307 e. The Morgan fingerprint density at radius 1 is 1.12 bits per heavy atom. The molecule has 0 radical (unpaired) electrons. The fourth-order valence-corrected chi connectivity index (χ4v) is 3.66. The van der Waals surface area contributed by atoms with Crippen LogP contribution in [0.3, 0.4) is 0 Å². The number of thioether (sulfide) groups is 1. The van der Waals surface area contributed by atoms with Crippen LogP contribution in [0.5, 0.6) is 0 Å².